The lowest BCUT2D eigenvalue weighted by Gasteiger charge is -2.02. The maximum Gasteiger partial charge on any atom is 0.0701 e. The Morgan fingerprint density at radius 1 is 1.27 bits per heavy atom. The van der Waals surface area contributed by atoms with Crippen LogP contribution in [0.2, 0.25) is 0 Å². The minimum absolute atomic E-state index is 0.834. The molecule has 2 rings (SSSR count). The fraction of sp³-hybridized carbons (Fsp3) is 0.182. The van der Waals surface area contributed by atoms with E-state index in [0.717, 1.165) is 24.1 Å². The first-order valence-electron chi connectivity index (χ1n) is 4.68. The zero-order valence-corrected chi connectivity index (χ0v) is 10.5. The smallest absolute Gasteiger partial charge is 0.0701 e. The first-order chi connectivity index (χ1) is 7.25. The summed E-state index contributed by atoms with van der Waals surface area (Å²) in [5, 5.41) is 0. The van der Waals surface area contributed by atoms with Crippen molar-refractivity contribution in [3.8, 4) is 0 Å². The van der Waals surface area contributed by atoms with Crippen molar-refractivity contribution in [1.82, 2.24) is 4.98 Å². The lowest BCUT2D eigenvalue weighted by molar-refractivity contribution is 0.972. The molecular weight excluding hydrogens is 272 g/mol. The van der Waals surface area contributed by atoms with Crippen LogP contribution in [0.4, 0.5) is 5.69 Å². The summed E-state index contributed by atoms with van der Waals surface area (Å²) in [6.07, 6.45) is 5.54. The summed E-state index contributed by atoms with van der Waals surface area (Å²) in [6.45, 7) is 0. The molecule has 0 bridgehead atoms. The molecule has 2 aromatic rings. The maximum atomic E-state index is 5.84. The molecule has 0 amide bonds. The van der Waals surface area contributed by atoms with E-state index in [1.807, 2.05) is 12.3 Å². The number of hydrogen-bond acceptors (Lipinski definition) is 3. The molecule has 78 valence electrons. The molecule has 4 heteroatoms. The van der Waals surface area contributed by atoms with Gasteiger partial charge >= 0.3 is 0 Å². The number of nitrogen functional groups attached to an aromatic ring is 1. The quantitative estimate of drug-likeness (QED) is 0.939. The summed E-state index contributed by atoms with van der Waals surface area (Å²) >= 11 is 5.22. The van der Waals surface area contributed by atoms with Crippen molar-refractivity contribution in [2.45, 2.75) is 12.8 Å². The van der Waals surface area contributed by atoms with E-state index in [1.165, 1.54) is 8.66 Å². The molecule has 0 aliphatic rings. The zero-order valence-electron chi connectivity index (χ0n) is 8.11. The van der Waals surface area contributed by atoms with Gasteiger partial charge < -0.3 is 5.73 Å². The zero-order chi connectivity index (χ0) is 10.7. The Morgan fingerprint density at radius 3 is 2.80 bits per heavy atom. The van der Waals surface area contributed by atoms with E-state index >= 15 is 0 Å². The van der Waals surface area contributed by atoms with Crippen LogP contribution < -0.4 is 5.73 Å². The highest BCUT2D eigenvalue weighted by Gasteiger charge is 2.01. The Balaban J connectivity index is 2.02. The average molecular weight is 283 g/mol. The van der Waals surface area contributed by atoms with Crippen molar-refractivity contribution in [1.29, 1.82) is 0 Å². The Hall–Kier alpha value is -0.870. The molecule has 0 atom stereocenters. The van der Waals surface area contributed by atoms with E-state index in [0.29, 0.717) is 0 Å². The van der Waals surface area contributed by atoms with Gasteiger partial charge in [-0.3, -0.25) is 4.98 Å². The molecule has 2 nitrogen and oxygen atoms in total. The summed E-state index contributed by atoms with van der Waals surface area (Å²) < 4.78 is 1.18. The number of halogens is 1. The van der Waals surface area contributed by atoms with Gasteiger partial charge in [-0.2, -0.15) is 0 Å². The third-order valence-electron chi connectivity index (χ3n) is 2.21. The molecule has 0 aliphatic heterocycles. The Bertz CT molecular complexity index is 453. The van der Waals surface area contributed by atoms with Crippen LogP contribution in [0.25, 0.3) is 0 Å². The molecule has 2 N–H and O–H groups in total. The van der Waals surface area contributed by atoms with Crippen molar-refractivity contribution in [3.05, 3.63) is 44.8 Å². The van der Waals surface area contributed by atoms with E-state index in [4.69, 9.17) is 5.73 Å². The van der Waals surface area contributed by atoms with Crippen molar-refractivity contribution in [3.63, 3.8) is 0 Å². The highest BCUT2D eigenvalue weighted by molar-refractivity contribution is 9.11. The first-order valence-corrected chi connectivity index (χ1v) is 6.29. The van der Waals surface area contributed by atoms with Crippen molar-refractivity contribution in [2.24, 2.45) is 0 Å². The van der Waals surface area contributed by atoms with E-state index < -0.39 is 0 Å². The first kappa shape index (κ1) is 10.6. The number of aromatic nitrogens is 1. The summed E-state index contributed by atoms with van der Waals surface area (Å²) in [5.41, 5.74) is 7.80. The Kier molecular flexibility index (Phi) is 3.38. The summed E-state index contributed by atoms with van der Waals surface area (Å²) in [5.74, 6) is 0. The van der Waals surface area contributed by atoms with Gasteiger partial charge in [-0.1, -0.05) is 0 Å². The predicted octanol–water partition coefficient (Wildman–Crippen LogP) is 3.27. The van der Waals surface area contributed by atoms with Crippen LogP contribution in [0.5, 0.6) is 0 Å². The Labute approximate surface area is 101 Å². The van der Waals surface area contributed by atoms with Crippen LogP contribution in [-0.2, 0) is 12.8 Å². The highest BCUT2D eigenvalue weighted by atomic mass is 79.9. The Morgan fingerprint density at radius 2 is 2.13 bits per heavy atom. The predicted molar refractivity (Wildman–Crippen MR) is 68.1 cm³/mol. The number of nitrogens with zero attached hydrogens (tertiary/aromatic N) is 1. The fourth-order valence-corrected chi connectivity index (χ4v) is 2.87. The van der Waals surface area contributed by atoms with Crippen LogP contribution in [0.3, 0.4) is 0 Å². The van der Waals surface area contributed by atoms with Crippen LogP contribution in [0.15, 0.2) is 34.4 Å². The molecule has 15 heavy (non-hydrogen) atoms. The highest BCUT2D eigenvalue weighted by Crippen LogP contribution is 2.23. The molecular formula is C11H11BrN2S. The third-order valence-corrected chi connectivity index (χ3v) is 3.89. The molecule has 0 fully saturated rings. The fourth-order valence-electron chi connectivity index (χ4n) is 1.39. The minimum Gasteiger partial charge on any atom is -0.398 e. The van der Waals surface area contributed by atoms with Gasteiger partial charge in [-0.25, -0.2) is 0 Å². The normalized spacial score (nSPS) is 10.5. The van der Waals surface area contributed by atoms with E-state index in [2.05, 4.69) is 33.0 Å². The molecule has 0 saturated carbocycles. The SMILES string of the molecule is Nc1ccncc1CCc1ccc(Br)s1. The molecule has 0 spiro atoms. The summed E-state index contributed by atoms with van der Waals surface area (Å²) in [4.78, 5) is 5.44. The number of anilines is 1. The van der Waals surface area contributed by atoms with Gasteiger partial charge in [0.25, 0.3) is 0 Å². The standard InChI is InChI=1S/C11H11BrN2S/c12-11-4-3-9(15-11)2-1-8-7-14-6-5-10(8)13/h3-7H,1-2H2,(H2,13,14). The van der Waals surface area contributed by atoms with Gasteiger partial charge in [0, 0.05) is 23.0 Å². The summed E-state index contributed by atoms with van der Waals surface area (Å²) in [7, 11) is 0. The maximum absolute atomic E-state index is 5.84. The van der Waals surface area contributed by atoms with E-state index in [-0.39, 0.29) is 0 Å². The van der Waals surface area contributed by atoms with Gasteiger partial charge in [0.15, 0.2) is 0 Å². The third kappa shape index (κ3) is 2.79. The number of pyridine rings is 1. The van der Waals surface area contributed by atoms with Gasteiger partial charge in [0.2, 0.25) is 0 Å². The monoisotopic (exact) mass is 282 g/mol. The topological polar surface area (TPSA) is 38.9 Å². The van der Waals surface area contributed by atoms with E-state index in [1.54, 1.807) is 17.5 Å². The largest absolute Gasteiger partial charge is 0.398 e. The van der Waals surface area contributed by atoms with Crippen LogP contribution in [0.1, 0.15) is 10.4 Å². The van der Waals surface area contributed by atoms with Gasteiger partial charge in [-0.05, 0) is 52.5 Å². The number of aryl methyl sites for hydroxylation is 2. The number of rotatable bonds is 3. The second-order valence-corrected chi connectivity index (χ2v) is 5.83. The molecule has 0 unspecified atom stereocenters. The lowest BCUT2D eigenvalue weighted by Crippen LogP contribution is -1.96. The van der Waals surface area contributed by atoms with E-state index in [9.17, 15) is 0 Å². The second kappa shape index (κ2) is 4.77. The lowest BCUT2D eigenvalue weighted by atomic mass is 10.1. The minimum atomic E-state index is 0.834. The number of nitrogens with two attached hydrogens (primary N) is 1. The van der Waals surface area contributed by atoms with Crippen LogP contribution in [0, 0.1) is 0 Å². The average Bonchev–Trinajstić information content (AvgIpc) is 2.63. The second-order valence-electron chi connectivity index (χ2n) is 3.28. The van der Waals surface area contributed by atoms with Crippen molar-refractivity contribution < 1.29 is 0 Å². The number of thiophene rings is 1. The number of hydrogen-bond donors (Lipinski definition) is 1. The molecule has 0 radical (unpaired) electrons. The summed E-state index contributed by atoms with van der Waals surface area (Å²) in [6, 6.07) is 6.06. The van der Waals surface area contributed by atoms with Crippen LogP contribution >= 0.6 is 27.3 Å². The molecule has 0 aliphatic carbocycles. The van der Waals surface area contributed by atoms with Gasteiger partial charge in [0.05, 0.1) is 3.79 Å². The van der Waals surface area contributed by atoms with Gasteiger partial charge in [0.1, 0.15) is 0 Å². The molecule has 0 saturated heterocycles. The molecule has 2 aromatic heterocycles. The molecule has 0 aromatic carbocycles. The van der Waals surface area contributed by atoms with Crippen LogP contribution in [-0.4, -0.2) is 4.98 Å². The van der Waals surface area contributed by atoms with Crippen molar-refractivity contribution in [2.75, 3.05) is 5.73 Å². The molecule has 2 heterocycles. The van der Waals surface area contributed by atoms with Gasteiger partial charge in [-0.15, -0.1) is 11.3 Å². The van der Waals surface area contributed by atoms with Crippen molar-refractivity contribution >= 4 is 33.0 Å².